The Balaban J connectivity index is 1.91. The van der Waals surface area contributed by atoms with Crippen LogP contribution in [0, 0.1) is 0 Å². The Morgan fingerprint density at radius 1 is 1.27 bits per heavy atom. The van der Waals surface area contributed by atoms with Gasteiger partial charge in [-0.15, -0.1) is 0 Å². The van der Waals surface area contributed by atoms with Gasteiger partial charge in [-0.05, 0) is 29.7 Å². The molecule has 1 heterocycles. The Morgan fingerprint density at radius 3 is 2.41 bits per heavy atom. The van der Waals surface area contributed by atoms with E-state index in [0.29, 0.717) is 24.2 Å². The van der Waals surface area contributed by atoms with Crippen LogP contribution in [0.15, 0.2) is 12.1 Å². The lowest BCUT2D eigenvalue weighted by atomic mass is 9.95. The van der Waals surface area contributed by atoms with Crippen molar-refractivity contribution in [3.05, 3.63) is 23.3 Å². The predicted molar refractivity (Wildman–Crippen MR) is 73.3 cm³/mol. The molecule has 0 saturated carbocycles. The second-order valence-electron chi connectivity index (χ2n) is 5.67. The lowest BCUT2D eigenvalue weighted by Gasteiger charge is -2.32. The van der Waals surface area contributed by atoms with E-state index in [-0.39, 0.29) is 24.9 Å². The number of carbonyl (C=O) groups excluding carboxylic acids is 2. The van der Waals surface area contributed by atoms with Crippen molar-refractivity contribution in [2.75, 3.05) is 24.1 Å². The summed E-state index contributed by atoms with van der Waals surface area (Å²) in [5, 5.41) is 2.48. The number of nitrogens with one attached hydrogen (secondary N) is 1. The van der Waals surface area contributed by atoms with Gasteiger partial charge in [-0.3, -0.25) is 9.59 Å². The van der Waals surface area contributed by atoms with Crippen LogP contribution in [0.4, 0.5) is 24.5 Å². The minimum absolute atomic E-state index is 0.0340. The third-order valence-corrected chi connectivity index (χ3v) is 4.33. The monoisotopic (exact) mass is 313 g/mol. The predicted octanol–water partition coefficient (Wildman–Crippen LogP) is 1.81. The Hall–Kier alpha value is -2.25. The van der Waals surface area contributed by atoms with Gasteiger partial charge in [0.25, 0.3) is 0 Å². The fraction of sp³-hybridized carbons (Fsp3) is 0.429. The van der Waals surface area contributed by atoms with E-state index in [2.05, 4.69) is 5.32 Å². The number of amides is 2. The quantitative estimate of drug-likeness (QED) is 0.646. The molecule has 2 amide bonds. The minimum Gasteiger partial charge on any atom is -0.397 e. The first-order valence-electron chi connectivity index (χ1n) is 6.81. The summed E-state index contributed by atoms with van der Waals surface area (Å²) in [6.07, 6.45) is -3.66. The van der Waals surface area contributed by atoms with Crippen molar-refractivity contribution in [1.29, 1.82) is 0 Å². The molecule has 3 rings (SSSR count). The van der Waals surface area contributed by atoms with Crippen LogP contribution < -0.4 is 11.1 Å². The number of hydrogen-bond acceptors (Lipinski definition) is 3. The second-order valence-corrected chi connectivity index (χ2v) is 5.67. The Kier molecular flexibility index (Phi) is 3.26. The number of nitrogens with two attached hydrogens (primary N) is 1. The van der Waals surface area contributed by atoms with Crippen LogP contribution in [0.25, 0.3) is 0 Å². The van der Waals surface area contributed by atoms with Gasteiger partial charge in [0.15, 0.2) is 0 Å². The van der Waals surface area contributed by atoms with Crippen LogP contribution >= 0.6 is 0 Å². The zero-order valence-corrected chi connectivity index (χ0v) is 11.5. The molecule has 1 aromatic rings. The average molecular weight is 313 g/mol. The van der Waals surface area contributed by atoms with Gasteiger partial charge < -0.3 is 16.0 Å². The van der Waals surface area contributed by atoms with Gasteiger partial charge in [-0.25, -0.2) is 0 Å². The van der Waals surface area contributed by atoms with Gasteiger partial charge in [0, 0.05) is 24.9 Å². The maximum absolute atomic E-state index is 12.6. The number of benzene rings is 1. The molecule has 118 valence electrons. The molecule has 0 aromatic heterocycles. The van der Waals surface area contributed by atoms with Crippen LogP contribution in [0.5, 0.6) is 0 Å². The SMILES string of the molecule is Nc1cc2c(cc1NC=O)C1CC2CN(C(=O)C(F)(F)F)C1. The van der Waals surface area contributed by atoms with Crippen molar-refractivity contribution in [3.63, 3.8) is 0 Å². The summed E-state index contributed by atoms with van der Waals surface area (Å²) in [7, 11) is 0. The molecular weight excluding hydrogens is 299 g/mol. The van der Waals surface area contributed by atoms with E-state index < -0.39 is 12.1 Å². The largest absolute Gasteiger partial charge is 0.471 e. The van der Waals surface area contributed by atoms with E-state index in [9.17, 15) is 22.8 Å². The van der Waals surface area contributed by atoms with Gasteiger partial charge in [0.2, 0.25) is 6.41 Å². The maximum atomic E-state index is 12.6. The van der Waals surface area contributed by atoms with Gasteiger partial charge in [0.1, 0.15) is 0 Å². The number of carbonyl (C=O) groups is 2. The van der Waals surface area contributed by atoms with E-state index in [1.807, 2.05) is 0 Å². The van der Waals surface area contributed by atoms with Crippen LogP contribution in [-0.4, -0.2) is 36.5 Å². The fourth-order valence-electron chi connectivity index (χ4n) is 3.44. The Bertz CT molecular complexity index is 645. The smallest absolute Gasteiger partial charge is 0.397 e. The van der Waals surface area contributed by atoms with Crippen molar-refractivity contribution in [3.8, 4) is 0 Å². The van der Waals surface area contributed by atoms with Gasteiger partial charge in [-0.2, -0.15) is 13.2 Å². The number of rotatable bonds is 2. The topological polar surface area (TPSA) is 75.4 Å². The zero-order valence-electron chi connectivity index (χ0n) is 11.5. The molecule has 3 N–H and O–H groups in total. The van der Waals surface area contributed by atoms with Gasteiger partial charge >= 0.3 is 12.1 Å². The summed E-state index contributed by atoms with van der Waals surface area (Å²) in [5.41, 5.74) is 8.39. The second kappa shape index (κ2) is 4.89. The standard InChI is InChI=1S/C14H14F3N3O2/c15-14(16,17)13(22)20-4-7-1-8(5-20)10-3-12(19-6-21)11(18)2-9(7)10/h2-3,6-8H,1,4-5,18H2,(H,19,21). The Labute approximate surface area is 124 Å². The van der Waals surface area contributed by atoms with E-state index in [4.69, 9.17) is 5.73 Å². The van der Waals surface area contributed by atoms with Crippen molar-refractivity contribution >= 4 is 23.7 Å². The number of anilines is 2. The molecule has 2 bridgehead atoms. The van der Waals surface area contributed by atoms with E-state index in [1.165, 1.54) is 0 Å². The molecule has 2 atom stereocenters. The molecule has 5 nitrogen and oxygen atoms in total. The summed E-state index contributed by atoms with van der Waals surface area (Å²) in [5.74, 6) is -2.10. The molecular formula is C14H14F3N3O2. The van der Waals surface area contributed by atoms with Crippen molar-refractivity contribution < 1.29 is 22.8 Å². The van der Waals surface area contributed by atoms with Crippen LogP contribution in [0.1, 0.15) is 29.4 Å². The number of nitrogens with zero attached hydrogens (tertiary/aromatic N) is 1. The number of halogens is 3. The molecule has 0 radical (unpaired) electrons. The van der Waals surface area contributed by atoms with Crippen LogP contribution in [-0.2, 0) is 9.59 Å². The summed E-state index contributed by atoms with van der Waals surface area (Å²) in [4.78, 5) is 22.9. The summed E-state index contributed by atoms with van der Waals surface area (Å²) in [6, 6.07) is 3.39. The number of alkyl halides is 3. The fourth-order valence-corrected chi connectivity index (χ4v) is 3.44. The van der Waals surface area contributed by atoms with Gasteiger partial charge in [0.05, 0.1) is 11.4 Å². The summed E-state index contributed by atoms with van der Waals surface area (Å²) in [6.45, 7) is 0.0774. The molecule has 1 saturated heterocycles. The molecule has 0 spiro atoms. The molecule has 1 aliphatic carbocycles. The first-order chi connectivity index (χ1) is 10.3. The van der Waals surface area contributed by atoms with Crippen LogP contribution in [0.3, 0.4) is 0 Å². The lowest BCUT2D eigenvalue weighted by Crippen LogP contribution is -2.46. The highest BCUT2D eigenvalue weighted by Crippen LogP contribution is 2.48. The van der Waals surface area contributed by atoms with Gasteiger partial charge in [-0.1, -0.05) is 0 Å². The molecule has 1 aliphatic heterocycles. The maximum Gasteiger partial charge on any atom is 0.471 e. The number of hydrogen-bond donors (Lipinski definition) is 2. The highest BCUT2D eigenvalue weighted by atomic mass is 19.4. The third kappa shape index (κ3) is 2.28. The highest BCUT2D eigenvalue weighted by Gasteiger charge is 2.47. The highest BCUT2D eigenvalue weighted by molar-refractivity contribution is 5.83. The minimum atomic E-state index is -4.85. The number of likely N-dealkylation sites (tertiary alicyclic amines) is 1. The summed E-state index contributed by atoms with van der Waals surface area (Å²) < 4.78 is 37.8. The van der Waals surface area contributed by atoms with Crippen molar-refractivity contribution in [2.45, 2.75) is 24.4 Å². The number of fused-ring (bicyclic) bond motifs is 5. The number of nitrogen functional groups attached to an aromatic ring is 1. The lowest BCUT2D eigenvalue weighted by molar-refractivity contribution is -0.186. The van der Waals surface area contributed by atoms with E-state index >= 15 is 0 Å². The first kappa shape index (κ1) is 14.7. The van der Waals surface area contributed by atoms with Crippen molar-refractivity contribution in [2.24, 2.45) is 0 Å². The molecule has 2 unspecified atom stereocenters. The normalized spacial score (nSPS) is 23.1. The average Bonchev–Trinajstić information content (AvgIpc) is 2.69. The van der Waals surface area contributed by atoms with Crippen molar-refractivity contribution in [1.82, 2.24) is 4.90 Å². The zero-order chi connectivity index (χ0) is 16.1. The first-order valence-corrected chi connectivity index (χ1v) is 6.81. The Morgan fingerprint density at radius 2 is 1.86 bits per heavy atom. The van der Waals surface area contributed by atoms with Crippen LogP contribution in [0.2, 0.25) is 0 Å². The summed E-state index contributed by atoms with van der Waals surface area (Å²) >= 11 is 0. The van der Waals surface area contributed by atoms with E-state index in [0.717, 1.165) is 16.0 Å². The molecule has 8 heteroatoms. The molecule has 2 aliphatic rings. The molecule has 22 heavy (non-hydrogen) atoms. The molecule has 1 fully saturated rings. The third-order valence-electron chi connectivity index (χ3n) is 4.33. The molecule has 1 aromatic carbocycles. The number of piperidine rings is 1. The van der Waals surface area contributed by atoms with E-state index in [1.54, 1.807) is 12.1 Å².